The number of fused-ring (bicyclic) bond motifs is 3. The fourth-order valence-corrected chi connectivity index (χ4v) is 5.43. The minimum atomic E-state index is -0.282. The molecule has 2 aromatic heterocycles. The van der Waals surface area contributed by atoms with Crippen molar-refractivity contribution in [3.05, 3.63) is 41.0 Å². The Balaban J connectivity index is 1.56. The van der Waals surface area contributed by atoms with Gasteiger partial charge in [-0.2, -0.15) is 0 Å². The lowest BCUT2D eigenvalue weighted by atomic mass is 10.2. The minimum Gasteiger partial charge on any atom is -0.495 e. The van der Waals surface area contributed by atoms with E-state index in [1.54, 1.807) is 24.8 Å². The number of aryl methyl sites for hydroxylation is 2. The molecule has 0 saturated heterocycles. The van der Waals surface area contributed by atoms with E-state index in [9.17, 15) is 4.79 Å². The first-order valence-corrected chi connectivity index (χ1v) is 10.2. The molecule has 3 aromatic rings. The first-order chi connectivity index (χ1) is 12.7. The zero-order valence-corrected chi connectivity index (χ0v) is 16.2. The van der Waals surface area contributed by atoms with Crippen molar-refractivity contribution >= 4 is 44.9 Å². The average molecular weight is 386 g/mol. The molecule has 1 amide bonds. The molecule has 1 aliphatic rings. The summed E-state index contributed by atoms with van der Waals surface area (Å²) in [5, 5.41) is 4.71. The lowest BCUT2D eigenvalue weighted by Gasteiger charge is -2.14. The van der Waals surface area contributed by atoms with Crippen LogP contribution < -0.4 is 10.1 Å². The molecule has 26 heavy (non-hydrogen) atoms. The number of ether oxygens (including phenoxy) is 1. The maximum atomic E-state index is 12.7. The summed E-state index contributed by atoms with van der Waals surface area (Å²) in [6.07, 6.45) is 5.00. The lowest BCUT2D eigenvalue weighted by molar-refractivity contribution is -0.115. The number of hydrogen-bond acceptors (Lipinski definition) is 6. The number of carbonyl (C=O) groups is 1. The van der Waals surface area contributed by atoms with E-state index in [2.05, 4.69) is 15.3 Å². The van der Waals surface area contributed by atoms with E-state index in [1.165, 1.54) is 28.6 Å². The fourth-order valence-electron chi connectivity index (χ4n) is 3.19. The van der Waals surface area contributed by atoms with Crippen molar-refractivity contribution in [2.24, 2.45) is 0 Å². The van der Waals surface area contributed by atoms with Gasteiger partial charge in [0.15, 0.2) is 0 Å². The van der Waals surface area contributed by atoms with E-state index in [0.29, 0.717) is 11.4 Å². The van der Waals surface area contributed by atoms with Crippen molar-refractivity contribution in [3.63, 3.8) is 0 Å². The van der Waals surface area contributed by atoms with Gasteiger partial charge in [-0.15, -0.1) is 11.3 Å². The Morgan fingerprint density at radius 2 is 2.15 bits per heavy atom. The molecule has 1 unspecified atom stereocenters. The highest BCUT2D eigenvalue weighted by Crippen LogP contribution is 2.41. The zero-order chi connectivity index (χ0) is 18.1. The topological polar surface area (TPSA) is 64.1 Å². The number of nitrogens with one attached hydrogen (secondary N) is 1. The summed E-state index contributed by atoms with van der Waals surface area (Å²) in [6.45, 7) is 1.90. The molecule has 134 valence electrons. The molecule has 0 bridgehead atoms. The third kappa shape index (κ3) is 3.17. The van der Waals surface area contributed by atoms with E-state index >= 15 is 0 Å². The first kappa shape index (κ1) is 17.3. The Bertz CT molecular complexity index is 971. The summed E-state index contributed by atoms with van der Waals surface area (Å²) in [5.74, 6) is 0.580. The Hall–Kier alpha value is -2.12. The predicted octanol–water partition coefficient (Wildman–Crippen LogP) is 4.31. The summed E-state index contributed by atoms with van der Waals surface area (Å²) in [4.78, 5) is 24.0. The number of carbonyl (C=O) groups excluding carboxylic acids is 1. The zero-order valence-electron chi connectivity index (χ0n) is 14.6. The number of hydrogen-bond donors (Lipinski definition) is 1. The van der Waals surface area contributed by atoms with Crippen molar-refractivity contribution in [1.82, 2.24) is 9.97 Å². The maximum absolute atomic E-state index is 12.7. The SMILES string of the molecule is COc1ccccc1NC(=O)C(C)Sc1ncnc2sc3c(c12)CCC3. The Morgan fingerprint density at radius 3 is 3.00 bits per heavy atom. The van der Waals surface area contributed by atoms with Gasteiger partial charge < -0.3 is 10.1 Å². The van der Waals surface area contributed by atoms with Crippen LogP contribution in [0.5, 0.6) is 5.75 Å². The molecule has 2 heterocycles. The molecule has 5 nitrogen and oxygen atoms in total. The molecular formula is C19H19N3O2S2. The predicted molar refractivity (Wildman–Crippen MR) is 106 cm³/mol. The molecule has 0 saturated carbocycles. The summed E-state index contributed by atoms with van der Waals surface area (Å²) in [5.41, 5.74) is 2.06. The standard InChI is InChI=1S/C19H19N3O2S2/c1-11(17(23)22-13-7-3-4-8-14(13)24-2)25-18-16-12-6-5-9-15(12)26-19(16)21-10-20-18/h3-4,7-8,10-11H,5-6,9H2,1-2H3,(H,22,23). The van der Waals surface area contributed by atoms with Crippen LogP contribution in [-0.2, 0) is 17.6 Å². The fraction of sp³-hybridized carbons (Fsp3) is 0.316. The van der Waals surface area contributed by atoms with Gasteiger partial charge in [0.1, 0.15) is 21.9 Å². The van der Waals surface area contributed by atoms with Gasteiger partial charge in [0.25, 0.3) is 0 Å². The van der Waals surface area contributed by atoms with Crippen LogP contribution in [0.15, 0.2) is 35.6 Å². The quantitative estimate of drug-likeness (QED) is 0.524. The smallest absolute Gasteiger partial charge is 0.237 e. The van der Waals surface area contributed by atoms with Gasteiger partial charge in [-0.3, -0.25) is 4.79 Å². The van der Waals surface area contributed by atoms with Gasteiger partial charge >= 0.3 is 0 Å². The Morgan fingerprint density at radius 1 is 1.31 bits per heavy atom. The van der Waals surface area contributed by atoms with E-state index in [4.69, 9.17) is 4.74 Å². The van der Waals surface area contributed by atoms with Crippen LogP contribution in [0.1, 0.15) is 23.8 Å². The van der Waals surface area contributed by atoms with Crippen molar-refractivity contribution in [1.29, 1.82) is 0 Å². The Kier molecular flexibility index (Phi) is 4.82. The number of rotatable bonds is 5. The van der Waals surface area contributed by atoms with Crippen molar-refractivity contribution in [3.8, 4) is 5.75 Å². The molecule has 1 aliphatic carbocycles. The van der Waals surface area contributed by atoms with Crippen molar-refractivity contribution < 1.29 is 9.53 Å². The van der Waals surface area contributed by atoms with E-state index < -0.39 is 0 Å². The van der Waals surface area contributed by atoms with Crippen molar-refractivity contribution in [2.45, 2.75) is 36.5 Å². The summed E-state index contributed by atoms with van der Waals surface area (Å²) < 4.78 is 5.30. The normalized spacial score (nSPS) is 14.2. The van der Waals surface area contributed by atoms with Crippen LogP contribution in [0, 0.1) is 0 Å². The second-order valence-corrected chi connectivity index (χ2v) is 8.58. The van der Waals surface area contributed by atoms with Gasteiger partial charge in [-0.05, 0) is 43.9 Å². The van der Waals surface area contributed by atoms with Crippen LogP contribution >= 0.6 is 23.1 Å². The first-order valence-electron chi connectivity index (χ1n) is 8.53. The molecule has 0 spiro atoms. The minimum absolute atomic E-state index is 0.0712. The van der Waals surface area contributed by atoms with E-state index in [1.807, 2.05) is 31.2 Å². The van der Waals surface area contributed by atoms with E-state index in [0.717, 1.165) is 28.1 Å². The molecule has 1 N–H and O–H groups in total. The van der Waals surface area contributed by atoms with Gasteiger partial charge in [0, 0.05) is 10.3 Å². The number of thioether (sulfide) groups is 1. The van der Waals surface area contributed by atoms with Gasteiger partial charge in [-0.25, -0.2) is 9.97 Å². The van der Waals surface area contributed by atoms with E-state index in [-0.39, 0.29) is 11.2 Å². The van der Waals surface area contributed by atoms with Crippen LogP contribution in [0.4, 0.5) is 5.69 Å². The highest BCUT2D eigenvalue weighted by atomic mass is 32.2. The van der Waals surface area contributed by atoms with Gasteiger partial charge in [0.05, 0.1) is 18.0 Å². The number of benzene rings is 1. The molecule has 7 heteroatoms. The largest absolute Gasteiger partial charge is 0.495 e. The summed E-state index contributed by atoms with van der Waals surface area (Å²) in [6, 6.07) is 7.42. The number of nitrogens with zero attached hydrogens (tertiary/aromatic N) is 2. The number of aromatic nitrogens is 2. The van der Waals surface area contributed by atoms with Crippen LogP contribution in [0.2, 0.25) is 0 Å². The number of anilines is 1. The average Bonchev–Trinajstić information content (AvgIpc) is 3.23. The maximum Gasteiger partial charge on any atom is 0.237 e. The number of amides is 1. The third-order valence-corrected chi connectivity index (χ3v) is 6.79. The molecule has 1 aromatic carbocycles. The summed E-state index contributed by atoms with van der Waals surface area (Å²) in [7, 11) is 1.60. The highest BCUT2D eigenvalue weighted by Gasteiger charge is 2.24. The second kappa shape index (κ2) is 7.25. The lowest BCUT2D eigenvalue weighted by Crippen LogP contribution is -2.22. The Labute approximate surface area is 160 Å². The number of methoxy groups -OCH3 is 1. The molecule has 0 radical (unpaired) electrons. The highest BCUT2D eigenvalue weighted by molar-refractivity contribution is 8.00. The number of para-hydroxylation sites is 2. The molecular weight excluding hydrogens is 366 g/mol. The molecule has 4 rings (SSSR count). The number of thiophene rings is 1. The van der Waals surface area contributed by atoms with Crippen LogP contribution in [0.3, 0.4) is 0 Å². The summed E-state index contributed by atoms with van der Waals surface area (Å²) >= 11 is 3.25. The van der Waals surface area contributed by atoms with Crippen molar-refractivity contribution in [2.75, 3.05) is 12.4 Å². The van der Waals surface area contributed by atoms with Crippen LogP contribution in [-0.4, -0.2) is 28.2 Å². The monoisotopic (exact) mass is 385 g/mol. The van der Waals surface area contributed by atoms with Crippen LogP contribution in [0.25, 0.3) is 10.2 Å². The van der Waals surface area contributed by atoms with Gasteiger partial charge in [-0.1, -0.05) is 23.9 Å². The third-order valence-electron chi connectivity index (χ3n) is 4.49. The van der Waals surface area contributed by atoms with Gasteiger partial charge in [0.2, 0.25) is 5.91 Å². The molecule has 0 fully saturated rings. The second-order valence-electron chi connectivity index (χ2n) is 6.17. The molecule has 0 aliphatic heterocycles. The molecule has 1 atom stereocenters.